The fourth-order valence-electron chi connectivity index (χ4n) is 3.65. The Labute approximate surface area is 174 Å². The van der Waals surface area contributed by atoms with Crippen molar-refractivity contribution in [2.45, 2.75) is 6.92 Å². The van der Waals surface area contributed by atoms with Crippen molar-refractivity contribution in [2.75, 3.05) is 12.0 Å². The maximum absolute atomic E-state index is 13.6. The maximum Gasteiger partial charge on any atom is 0.266 e. The molecule has 0 bridgehead atoms. The molecule has 0 radical (unpaired) electrons. The number of rotatable bonds is 4. The number of fused-ring (bicyclic) bond motifs is 1. The van der Waals surface area contributed by atoms with Gasteiger partial charge in [-0.25, -0.2) is 4.90 Å². The number of carbonyl (C=O) groups excluding carboxylic acids is 3. The largest absolute Gasteiger partial charge is 0.497 e. The van der Waals surface area contributed by atoms with Crippen LogP contribution in [0.25, 0.3) is 11.1 Å². The quantitative estimate of drug-likeness (QED) is 0.484. The second kappa shape index (κ2) is 7.79. The van der Waals surface area contributed by atoms with Crippen molar-refractivity contribution in [2.24, 2.45) is 0 Å². The number of imide groups is 1. The molecule has 148 valence electrons. The lowest BCUT2D eigenvalue weighted by molar-refractivity contribution is -0.122. The Morgan fingerprint density at radius 3 is 2.07 bits per heavy atom. The molecule has 3 aromatic rings. The monoisotopic (exact) mass is 397 g/mol. The Bertz CT molecular complexity index is 1180. The molecule has 0 fully saturated rings. The molecule has 1 aliphatic rings. The number of hydrogen-bond acceptors (Lipinski definition) is 4. The maximum atomic E-state index is 13.6. The zero-order valence-electron chi connectivity index (χ0n) is 16.6. The predicted octanol–water partition coefficient (Wildman–Crippen LogP) is 4.38. The van der Waals surface area contributed by atoms with E-state index < -0.39 is 11.8 Å². The normalized spacial score (nSPS) is 14.3. The van der Waals surface area contributed by atoms with Crippen molar-refractivity contribution in [1.82, 2.24) is 0 Å². The van der Waals surface area contributed by atoms with E-state index in [1.807, 2.05) is 18.2 Å². The van der Waals surface area contributed by atoms with Gasteiger partial charge < -0.3 is 4.74 Å². The lowest BCUT2D eigenvalue weighted by atomic mass is 9.89. The summed E-state index contributed by atoms with van der Waals surface area (Å²) in [4.78, 5) is 40.3. The van der Waals surface area contributed by atoms with Crippen LogP contribution in [-0.2, 0) is 9.59 Å². The third kappa shape index (κ3) is 3.20. The highest BCUT2D eigenvalue weighted by atomic mass is 16.5. The first-order valence-corrected chi connectivity index (χ1v) is 9.45. The van der Waals surface area contributed by atoms with Crippen LogP contribution in [-0.4, -0.2) is 24.7 Å². The van der Waals surface area contributed by atoms with Gasteiger partial charge in [-0.3, -0.25) is 14.4 Å². The number of para-hydroxylation sites is 1. The Hall–Kier alpha value is -3.99. The van der Waals surface area contributed by atoms with Gasteiger partial charge in [0.15, 0.2) is 5.78 Å². The number of ether oxygens (including phenoxy) is 1. The van der Waals surface area contributed by atoms with Crippen LogP contribution in [0.3, 0.4) is 0 Å². The molecule has 0 saturated carbocycles. The zero-order chi connectivity index (χ0) is 21.3. The fraction of sp³-hybridized carbons (Fsp3) is 0.0800. The highest BCUT2D eigenvalue weighted by Crippen LogP contribution is 2.41. The summed E-state index contributed by atoms with van der Waals surface area (Å²) in [5, 5.41) is 0. The van der Waals surface area contributed by atoms with Gasteiger partial charge in [0.1, 0.15) is 5.75 Å². The highest BCUT2D eigenvalue weighted by Gasteiger charge is 2.38. The lowest BCUT2D eigenvalue weighted by Crippen LogP contribution is -2.31. The first-order valence-electron chi connectivity index (χ1n) is 9.45. The van der Waals surface area contributed by atoms with E-state index in [0.717, 1.165) is 4.90 Å². The molecule has 0 saturated heterocycles. The Morgan fingerprint density at radius 2 is 1.43 bits per heavy atom. The van der Waals surface area contributed by atoms with Gasteiger partial charge in [-0.05, 0) is 35.9 Å². The van der Waals surface area contributed by atoms with Crippen LogP contribution in [0.1, 0.15) is 28.4 Å². The molecular formula is C25H19NO4. The summed E-state index contributed by atoms with van der Waals surface area (Å²) in [5.74, 6) is -0.561. The Balaban J connectivity index is 1.99. The number of nitrogens with zero attached hydrogens (tertiary/aromatic N) is 1. The molecule has 5 heteroatoms. The Morgan fingerprint density at radius 1 is 0.800 bits per heavy atom. The van der Waals surface area contributed by atoms with Gasteiger partial charge in [-0.1, -0.05) is 48.5 Å². The minimum Gasteiger partial charge on any atom is -0.497 e. The van der Waals surface area contributed by atoms with E-state index in [1.54, 1.807) is 67.8 Å². The fourth-order valence-corrected chi connectivity index (χ4v) is 3.65. The molecule has 4 rings (SSSR count). The third-order valence-electron chi connectivity index (χ3n) is 5.04. The van der Waals surface area contributed by atoms with E-state index in [4.69, 9.17) is 4.74 Å². The number of anilines is 1. The summed E-state index contributed by atoms with van der Waals surface area (Å²) in [6, 6.07) is 22.8. The molecule has 0 aliphatic carbocycles. The number of Topliss-reactive ketones (excluding diaryl/α,β-unsaturated/α-hetero) is 1. The second-order valence-corrected chi connectivity index (χ2v) is 6.85. The number of hydrogen-bond donors (Lipinski definition) is 0. The highest BCUT2D eigenvalue weighted by molar-refractivity contribution is 6.51. The van der Waals surface area contributed by atoms with E-state index in [2.05, 4.69) is 0 Å². The zero-order valence-corrected chi connectivity index (χ0v) is 16.6. The topological polar surface area (TPSA) is 63.7 Å². The number of allylic oxidation sites excluding steroid dienone is 1. The molecule has 3 aromatic carbocycles. The van der Waals surface area contributed by atoms with Crippen LogP contribution in [0.5, 0.6) is 5.75 Å². The van der Waals surface area contributed by atoms with Gasteiger partial charge >= 0.3 is 0 Å². The second-order valence-electron chi connectivity index (χ2n) is 6.85. The van der Waals surface area contributed by atoms with Gasteiger partial charge in [0, 0.05) is 23.6 Å². The number of carbonyl (C=O) groups is 3. The molecule has 1 heterocycles. The Kier molecular flexibility index (Phi) is 5.02. The van der Waals surface area contributed by atoms with E-state index >= 15 is 0 Å². The summed E-state index contributed by atoms with van der Waals surface area (Å²) in [6.07, 6.45) is 0. The van der Waals surface area contributed by atoms with E-state index in [0.29, 0.717) is 28.1 Å². The van der Waals surface area contributed by atoms with Crippen molar-refractivity contribution in [1.29, 1.82) is 0 Å². The van der Waals surface area contributed by atoms with Crippen molar-refractivity contribution in [3.8, 4) is 5.75 Å². The van der Waals surface area contributed by atoms with E-state index in [-0.39, 0.29) is 16.9 Å². The molecule has 0 unspecified atom stereocenters. The minimum atomic E-state index is -0.496. The molecule has 0 N–H and O–H groups in total. The molecule has 0 aromatic heterocycles. The molecule has 5 nitrogen and oxygen atoms in total. The smallest absolute Gasteiger partial charge is 0.266 e. The van der Waals surface area contributed by atoms with Gasteiger partial charge in [-0.2, -0.15) is 0 Å². The van der Waals surface area contributed by atoms with Crippen LogP contribution in [0, 0.1) is 0 Å². The van der Waals surface area contributed by atoms with Gasteiger partial charge in [0.05, 0.1) is 18.4 Å². The lowest BCUT2D eigenvalue weighted by Gasteiger charge is -2.13. The summed E-state index contributed by atoms with van der Waals surface area (Å²) in [5.41, 5.74) is 2.59. The van der Waals surface area contributed by atoms with Crippen LogP contribution >= 0.6 is 0 Å². The van der Waals surface area contributed by atoms with Crippen LogP contribution in [0.4, 0.5) is 5.69 Å². The SMILES string of the molecule is COc1ccc(C(=O)/C(=C2\C(=O)N(C(C)=O)c3ccccc32)c2ccccc2)cc1. The first kappa shape index (κ1) is 19.3. The summed E-state index contributed by atoms with van der Waals surface area (Å²) in [7, 11) is 1.55. The molecule has 2 amide bonds. The summed E-state index contributed by atoms with van der Waals surface area (Å²) in [6.45, 7) is 1.34. The number of amides is 2. The molecule has 1 aliphatic heterocycles. The van der Waals surface area contributed by atoms with Crippen molar-refractivity contribution in [3.05, 3.63) is 95.6 Å². The first-order chi connectivity index (χ1) is 14.5. The van der Waals surface area contributed by atoms with Gasteiger partial charge in [0.2, 0.25) is 5.91 Å². The third-order valence-corrected chi connectivity index (χ3v) is 5.04. The average Bonchev–Trinajstić information content (AvgIpc) is 3.07. The number of ketones is 1. The number of benzene rings is 3. The van der Waals surface area contributed by atoms with E-state index in [9.17, 15) is 14.4 Å². The van der Waals surface area contributed by atoms with Crippen LogP contribution in [0.15, 0.2) is 78.9 Å². The van der Waals surface area contributed by atoms with Crippen LogP contribution in [0.2, 0.25) is 0 Å². The van der Waals surface area contributed by atoms with Crippen molar-refractivity contribution < 1.29 is 19.1 Å². The predicted molar refractivity (Wildman–Crippen MR) is 115 cm³/mol. The van der Waals surface area contributed by atoms with E-state index in [1.165, 1.54) is 6.92 Å². The van der Waals surface area contributed by atoms with Crippen LogP contribution < -0.4 is 9.64 Å². The molecule has 0 atom stereocenters. The van der Waals surface area contributed by atoms with Crippen molar-refractivity contribution in [3.63, 3.8) is 0 Å². The van der Waals surface area contributed by atoms with Gasteiger partial charge in [0.25, 0.3) is 5.91 Å². The standard InChI is InChI=1S/C25H19NO4/c1-16(27)26-21-11-7-6-10-20(21)23(25(26)29)22(17-8-4-3-5-9-17)24(28)18-12-14-19(30-2)15-13-18/h3-15H,1-2H3/b23-22-. The minimum absolute atomic E-state index is 0.229. The molecule has 30 heavy (non-hydrogen) atoms. The number of methoxy groups -OCH3 is 1. The average molecular weight is 397 g/mol. The van der Waals surface area contributed by atoms with Crippen molar-refractivity contribution >= 4 is 34.4 Å². The summed E-state index contributed by atoms with van der Waals surface area (Å²) < 4.78 is 5.18. The summed E-state index contributed by atoms with van der Waals surface area (Å²) >= 11 is 0. The van der Waals surface area contributed by atoms with Gasteiger partial charge in [-0.15, -0.1) is 0 Å². The molecule has 0 spiro atoms. The molecular weight excluding hydrogens is 378 g/mol.